The highest BCUT2D eigenvalue weighted by atomic mass is 32.2. The largest absolute Gasteiger partial charge is 0.335 e. The van der Waals surface area contributed by atoms with Crippen LogP contribution >= 0.6 is 11.8 Å². The lowest BCUT2D eigenvalue weighted by molar-refractivity contribution is 0.359. The molecule has 3 rings (SSSR count). The second kappa shape index (κ2) is 5.20. The maximum atomic E-state index is 4.80. The third-order valence-electron chi connectivity index (χ3n) is 4.58. The minimum absolute atomic E-state index is 0.525. The van der Waals surface area contributed by atoms with Crippen LogP contribution in [-0.4, -0.2) is 17.5 Å². The quantitative estimate of drug-likeness (QED) is 0.822. The molecule has 0 radical (unpaired) electrons. The summed E-state index contributed by atoms with van der Waals surface area (Å²) in [6.45, 7) is 5.35. The van der Waals surface area contributed by atoms with Gasteiger partial charge in [0.2, 0.25) is 0 Å². The molecule has 19 heavy (non-hydrogen) atoms. The molecule has 1 fully saturated rings. The fraction of sp³-hybridized carbons (Fsp3) is 0.562. The molecular weight excluding hydrogens is 252 g/mol. The Kier molecular flexibility index (Phi) is 3.57. The highest BCUT2D eigenvalue weighted by molar-refractivity contribution is 8.14. The number of nitrogens with one attached hydrogen (secondary N) is 1. The summed E-state index contributed by atoms with van der Waals surface area (Å²) in [6, 6.07) is 6.41. The summed E-state index contributed by atoms with van der Waals surface area (Å²) in [5.74, 6) is 1.24. The Balaban J connectivity index is 1.71. The molecule has 1 N–H and O–H groups in total. The minimum Gasteiger partial charge on any atom is -0.335 e. The fourth-order valence-electron chi connectivity index (χ4n) is 3.06. The van der Waals surface area contributed by atoms with Crippen LogP contribution in [0.4, 0.5) is 5.69 Å². The topological polar surface area (TPSA) is 24.4 Å². The first-order chi connectivity index (χ1) is 9.19. The fourth-order valence-corrected chi connectivity index (χ4v) is 4.22. The smallest absolute Gasteiger partial charge is 0.161 e. The standard InChI is InChI=1S/C16H22N2S/c1-12-6-5-7-14(13(12)2)18-15-17-10-16(11-19-15)8-3-4-9-16/h5-7H,3-4,8-11H2,1-2H3,(H,17,18). The van der Waals surface area contributed by atoms with E-state index in [1.165, 1.54) is 48.3 Å². The normalized spacial score (nSPS) is 21.5. The molecule has 2 aliphatic rings. The van der Waals surface area contributed by atoms with Crippen molar-refractivity contribution in [3.05, 3.63) is 29.3 Å². The predicted octanol–water partition coefficient (Wildman–Crippen LogP) is 4.38. The van der Waals surface area contributed by atoms with Crippen molar-refractivity contribution < 1.29 is 0 Å². The number of rotatable bonds is 1. The van der Waals surface area contributed by atoms with Crippen LogP contribution in [0.25, 0.3) is 0 Å². The first-order valence-corrected chi connectivity index (χ1v) is 8.18. The molecular formula is C16H22N2S. The molecule has 1 heterocycles. The van der Waals surface area contributed by atoms with Crippen molar-refractivity contribution >= 4 is 22.6 Å². The van der Waals surface area contributed by atoms with E-state index < -0.39 is 0 Å². The molecule has 1 aliphatic carbocycles. The molecule has 0 unspecified atom stereocenters. The summed E-state index contributed by atoms with van der Waals surface area (Å²) >= 11 is 1.91. The van der Waals surface area contributed by atoms with E-state index in [4.69, 9.17) is 4.99 Å². The molecule has 0 amide bonds. The van der Waals surface area contributed by atoms with E-state index in [-0.39, 0.29) is 0 Å². The number of amidine groups is 1. The van der Waals surface area contributed by atoms with Crippen LogP contribution in [0, 0.1) is 19.3 Å². The van der Waals surface area contributed by atoms with Gasteiger partial charge in [0, 0.05) is 18.0 Å². The molecule has 1 spiro atoms. The van der Waals surface area contributed by atoms with Gasteiger partial charge in [-0.3, -0.25) is 4.99 Å². The molecule has 1 aromatic rings. The van der Waals surface area contributed by atoms with Crippen molar-refractivity contribution in [3.8, 4) is 0 Å². The second-order valence-electron chi connectivity index (χ2n) is 5.99. The third-order valence-corrected chi connectivity index (χ3v) is 5.84. The Hall–Kier alpha value is -0.960. The van der Waals surface area contributed by atoms with Gasteiger partial charge in [-0.25, -0.2) is 0 Å². The average molecular weight is 274 g/mol. The van der Waals surface area contributed by atoms with Crippen LogP contribution < -0.4 is 5.32 Å². The summed E-state index contributed by atoms with van der Waals surface area (Å²) in [6.07, 6.45) is 5.55. The van der Waals surface area contributed by atoms with Crippen molar-refractivity contribution in [1.82, 2.24) is 0 Å². The molecule has 102 valence electrons. The second-order valence-corrected chi connectivity index (χ2v) is 6.95. The summed E-state index contributed by atoms with van der Waals surface area (Å²) in [4.78, 5) is 4.80. The van der Waals surface area contributed by atoms with Crippen LogP contribution in [0.1, 0.15) is 36.8 Å². The lowest BCUT2D eigenvalue weighted by Gasteiger charge is -2.31. The van der Waals surface area contributed by atoms with Gasteiger partial charge in [-0.2, -0.15) is 0 Å². The third kappa shape index (κ3) is 2.66. The Bertz CT molecular complexity index is 501. The predicted molar refractivity (Wildman–Crippen MR) is 85.2 cm³/mol. The summed E-state index contributed by atoms with van der Waals surface area (Å²) in [7, 11) is 0. The van der Waals surface area contributed by atoms with Gasteiger partial charge in [0.05, 0.1) is 0 Å². The van der Waals surface area contributed by atoms with Gasteiger partial charge in [0.15, 0.2) is 5.17 Å². The zero-order valence-electron chi connectivity index (χ0n) is 11.8. The van der Waals surface area contributed by atoms with Gasteiger partial charge < -0.3 is 5.32 Å². The van der Waals surface area contributed by atoms with Gasteiger partial charge >= 0.3 is 0 Å². The zero-order chi connectivity index (χ0) is 13.3. The van der Waals surface area contributed by atoms with Crippen LogP contribution in [0.2, 0.25) is 0 Å². The number of benzene rings is 1. The molecule has 3 heteroatoms. The molecule has 0 atom stereocenters. The number of thioether (sulfide) groups is 1. The number of nitrogens with zero attached hydrogens (tertiary/aromatic N) is 1. The van der Waals surface area contributed by atoms with E-state index in [9.17, 15) is 0 Å². The highest BCUT2D eigenvalue weighted by Gasteiger charge is 2.36. The SMILES string of the molecule is Cc1cccc(NC2=NCC3(CCCC3)CS2)c1C. The maximum Gasteiger partial charge on any atom is 0.161 e. The van der Waals surface area contributed by atoms with Gasteiger partial charge in [0.1, 0.15) is 0 Å². The number of hydrogen-bond donors (Lipinski definition) is 1. The van der Waals surface area contributed by atoms with E-state index >= 15 is 0 Å². The zero-order valence-corrected chi connectivity index (χ0v) is 12.6. The minimum atomic E-state index is 0.525. The molecule has 1 aliphatic heterocycles. The first kappa shape index (κ1) is 13.0. The van der Waals surface area contributed by atoms with E-state index in [1.807, 2.05) is 11.8 Å². The van der Waals surface area contributed by atoms with Gasteiger partial charge in [-0.15, -0.1) is 0 Å². The monoisotopic (exact) mass is 274 g/mol. The molecule has 2 nitrogen and oxygen atoms in total. The molecule has 0 saturated heterocycles. The first-order valence-electron chi connectivity index (χ1n) is 7.19. The van der Waals surface area contributed by atoms with E-state index in [0.717, 1.165) is 11.7 Å². The number of anilines is 1. The molecule has 0 aromatic heterocycles. The van der Waals surface area contributed by atoms with Crippen molar-refractivity contribution in [2.75, 3.05) is 17.6 Å². The number of aryl methyl sites for hydroxylation is 1. The Morgan fingerprint density at radius 2 is 2.00 bits per heavy atom. The lowest BCUT2D eigenvalue weighted by Crippen LogP contribution is -2.30. The van der Waals surface area contributed by atoms with Crippen LogP contribution in [0.15, 0.2) is 23.2 Å². The van der Waals surface area contributed by atoms with Crippen LogP contribution in [-0.2, 0) is 0 Å². The van der Waals surface area contributed by atoms with Crippen molar-refractivity contribution in [2.45, 2.75) is 39.5 Å². The number of aliphatic imine (C=N–C) groups is 1. The molecule has 1 aromatic carbocycles. The summed E-state index contributed by atoms with van der Waals surface area (Å²) in [5, 5.41) is 4.61. The highest BCUT2D eigenvalue weighted by Crippen LogP contribution is 2.43. The molecule has 1 saturated carbocycles. The summed E-state index contributed by atoms with van der Waals surface area (Å²) < 4.78 is 0. The van der Waals surface area contributed by atoms with E-state index in [1.54, 1.807) is 0 Å². The van der Waals surface area contributed by atoms with E-state index in [0.29, 0.717) is 5.41 Å². The van der Waals surface area contributed by atoms with Crippen LogP contribution in [0.5, 0.6) is 0 Å². The van der Waals surface area contributed by atoms with E-state index in [2.05, 4.69) is 37.4 Å². The van der Waals surface area contributed by atoms with Gasteiger partial charge in [-0.1, -0.05) is 36.7 Å². The van der Waals surface area contributed by atoms with Crippen molar-refractivity contribution in [2.24, 2.45) is 10.4 Å². The average Bonchev–Trinajstić information content (AvgIpc) is 2.86. The summed E-state index contributed by atoms with van der Waals surface area (Å²) in [5.41, 5.74) is 4.39. The number of hydrogen-bond acceptors (Lipinski definition) is 3. The van der Waals surface area contributed by atoms with Gasteiger partial charge in [-0.05, 0) is 49.3 Å². The molecule has 0 bridgehead atoms. The Labute approximate surface area is 120 Å². The Morgan fingerprint density at radius 3 is 2.68 bits per heavy atom. The Morgan fingerprint density at radius 1 is 1.21 bits per heavy atom. The van der Waals surface area contributed by atoms with Crippen molar-refractivity contribution in [3.63, 3.8) is 0 Å². The van der Waals surface area contributed by atoms with Gasteiger partial charge in [0.25, 0.3) is 0 Å². The lowest BCUT2D eigenvalue weighted by atomic mass is 9.89. The maximum absolute atomic E-state index is 4.80. The van der Waals surface area contributed by atoms with Crippen LogP contribution in [0.3, 0.4) is 0 Å². The van der Waals surface area contributed by atoms with Crippen molar-refractivity contribution in [1.29, 1.82) is 0 Å².